The van der Waals surface area contributed by atoms with Gasteiger partial charge in [0.05, 0.1) is 24.4 Å². The number of amides is 1. The molecule has 2 rings (SSSR count). The molecule has 1 aromatic carbocycles. The van der Waals surface area contributed by atoms with Gasteiger partial charge in [-0.2, -0.15) is 5.26 Å². The fourth-order valence-corrected chi connectivity index (χ4v) is 1.90. The van der Waals surface area contributed by atoms with Crippen molar-refractivity contribution >= 4 is 16.8 Å². The van der Waals surface area contributed by atoms with Gasteiger partial charge in [0.2, 0.25) is 5.91 Å². The summed E-state index contributed by atoms with van der Waals surface area (Å²) in [5, 5.41) is 16.8. The molecule has 7 heteroatoms. The van der Waals surface area contributed by atoms with E-state index in [4.69, 9.17) is 5.26 Å². The van der Waals surface area contributed by atoms with E-state index in [2.05, 4.69) is 10.3 Å². The third-order valence-electron chi connectivity index (χ3n) is 3.15. The summed E-state index contributed by atoms with van der Waals surface area (Å²) in [7, 11) is 1.63. The first-order chi connectivity index (χ1) is 10.1. The Labute approximate surface area is 121 Å². The third-order valence-corrected chi connectivity index (χ3v) is 3.15. The van der Waals surface area contributed by atoms with E-state index in [0.717, 1.165) is 0 Å². The fourth-order valence-electron chi connectivity index (χ4n) is 1.90. The topological polar surface area (TPSA) is 91.9 Å². The summed E-state index contributed by atoms with van der Waals surface area (Å²) in [6.07, 6.45) is 0.437. The van der Waals surface area contributed by atoms with E-state index in [1.807, 2.05) is 6.07 Å². The SMILES string of the molecule is CN(CCC#N)C(=O)CCn1nnc2ccccc2c1=O. The largest absolute Gasteiger partial charge is 0.345 e. The zero-order valence-corrected chi connectivity index (χ0v) is 11.7. The molecule has 0 aliphatic heterocycles. The Morgan fingerprint density at radius 2 is 2.19 bits per heavy atom. The molecule has 0 aliphatic carbocycles. The second-order valence-corrected chi connectivity index (χ2v) is 4.61. The number of nitriles is 1. The van der Waals surface area contributed by atoms with Crippen LogP contribution in [0.1, 0.15) is 12.8 Å². The molecular formula is C14H15N5O2. The minimum absolute atomic E-state index is 0.132. The Kier molecular flexibility index (Phi) is 4.61. The van der Waals surface area contributed by atoms with Gasteiger partial charge in [-0.25, -0.2) is 4.68 Å². The summed E-state index contributed by atoms with van der Waals surface area (Å²) in [5.41, 5.74) is 0.282. The molecule has 0 saturated heterocycles. The quantitative estimate of drug-likeness (QED) is 0.800. The van der Waals surface area contributed by atoms with Crippen LogP contribution in [0, 0.1) is 11.3 Å². The Hall–Kier alpha value is -2.75. The third kappa shape index (κ3) is 3.42. The van der Waals surface area contributed by atoms with E-state index >= 15 is 0 Å². The summed E-state index contributed by atoms with van der Waals surface area (Å²) < 4.78 is 1.19. The normalized spacial score (nSPS) is 10.3. The van der Waals surface area contributed by atoms with Crippen LogP contribution in [0.4, 0.5) is 0 Å². The van der Waals surface area contributed by atoms with Crippen LogP contribution in [0.2, 0.25) is 0 Å². The van der Waals surface area contributed by atoms with Crippen molar-refractivity contribution in [2.24, 2.45) is 0 Å². The van der Waals surface area contributed by atoms with E-state index in [9.17, 15) is 9.59 Å². The van der Waals surface area contributed by atoms with E-state index < -0.39 is 0 Å². The molecule has 21 heavy (non-hydrogen) atoms. The lowest BCUT2D eigenvalue weighted by atomic mass is 10.2. The zero-order chi connectivity index (χ0) is 15.2. The monoisotopic (exact) mass is 285 g/mol. The van der Waals surface area contributed by atoms with Gasteiger partial charge in [-0.05, 0) is 12.1 Å². The number of carbonyl (C=O) groups excluding carboxylic acids is 1. The highest BCUT2D eigenvalue weighted by Crippen LogP contribution is 2.03. The molecule has 0 atom stereocenters. The van der Waals surface area contributed by atoms with Gasteiger partial charge in [-0.1, -0.05) is 17.3 Å². The van der Waals surface area contributed by atoms with Gasteiger partial charge < -0.3 is 4.90 Å². The van der Waals surface area contributed by atoms with Crippen molar-refractivity contribution in [3.05, 3.63) is 34.6 Å². The minimum Gasteiger partial charge on any atom is -0.345 e. The Morgan fingerprint density at radius 3 is 2.95 bits per heavy atom. The number of nitrogens with zero attached hydrogens (tertiary/aromatic N) is 5. The molecule has 0 spiro atoms. The van der Waals surface area contributed by atoms with Crippen LogP contribution in [0.5, 0.6) is 0 Å². The van der Waals surface area contributed by atoms with Crippen molar-refractivity contribution in [2.45, 2.75) is 19.4 Å². The molecule has 7 nitrogen and oxygen atoms in total. The lowest BCUT2D eigenvalue weighted by Crippen LogP contribution is -2.31. The second-order valence-electron chi connectivity index (χ2n) is 4.61. The summed E-state index contributed by atoms with van der Waals surface area (Å²) in [5.74, 6) is -0.132. The van der Waals surface area contributed by atoms with Gasteiger partial charge in [-0.3, -0.25) is 9.59 Å². The highest BCUT2D eigenvalue weighted by atomic mass is 16.2. The van der Waals surface area contributed by atoms with E-state index in [0.29, 0.717) is 17.4 Å². The van der Waals surface area contributed by atoms with Crippen LogP contribution in [-0.2, 0) is 11.3 Å². The first-order valence-electron chi connectivity index (χ1n) is 6.57. The summed E-state index contributed by atoms with van der Waals surface area (Å²) in [4.78, 5) is 25.5. The van der Waals surface area contributed by atoms with Crippen LogP contribution in [0.25, 0.3) is 10.9 Å². The number of carbonyl (C=O) groups is 1. The predicted octanol–water partition coefficient (Wildman–Crippen LogP) is 0.554. The van der Waals surface area contributed by atoms with Crippen molar-refractivity contribution in [1.82, 2.24) is 19.9 Å². The Morgan fingerprint density at radius 1 is 1.43 bits per heavy atom. The van der Waals surface area contributed by atoms with Gasteiger partial charge in [0, 0.05) is 20.0 Å². The number of benzene rings is 1. The van der Waals surface area contributed by atoms with Crippen LogP contribution in [0.3, 0.4) is 0 Å². The van der Waals surface area contributed by atoms with Gasteiger partial charge in [0.25, 0.3) is 5.56 Å². The number of aromatic nitrogens is 3. The Bertz CT molecular complexity index is 747. The molecule has 1 aromatic heterocycles. The first-order valence-corrected chi connectivity index (χ1v) is 6.57. The predicted molar refractivity (Wildman–Crippen MR) is 76.3 cm³/mol. The van der Waals surface area contributed by atoms with E-state index in [-0.39, 0.29) is 30.9 Å². The number of rotatable bonds is 5. The highest BCUT2D eigenvalue weighted by molar-refractivity contribution is 5.77. The maximum atomic E-state index is 12.2. The van der Waals surface area contributed by atoms with Crippen LogP contribution < -0.4 is 5.56 Å². The Balaban J connectivity index is 2.07. The van der Waals surface area contributed by atoms with Gasteiger partial charge in [0.15, 0.2) is 0 Å². The molecule has 0 fully saturated rings. The smallest absolute Gasteiger partial charge is 0.277 e. The lowest BCUT2D eigenvalue weighted by Gasteiger charge is -2.15. The van der Waals surface area contributed by atoms with Gasteiger partial charge >= 0.3 is 0 Å². The molecule has 0 radical (unpaired) electrons. The molecular weight excluding hydrogens is 270 g/mol. The number of hydrogen-bond acceptors (Lipinski definition) is 5. The van der Waals surface area contributed by atoms with Crippen LogP contribution in [0.15, 0.2) is 29.1 Å². The molecule has 0 bridgehead atoms. The summed E-state index contributed by atoms with van der Waals surface area (Å²) in [6, 6.07) is 8.93. The van der Waals surface area contributed by atoms with Crippen molar-refractivity contribution in [3.8, 4) is 6.07 Å². The minimum atomic E-state index is -0.256. The molecule has 0 unspecified atom stereocenters. The summed E-state index contributed by atoms with van der Waals surface area (Å²) in [6.45, 7) is 0.556. The number of fused-ring (bicyclic) bond motifs is 1. The van der Waals surface area contributed by atoms with Gasteiger partial charge in [0.1, 0.15) is 5.52 Å². The standard InChI is InChI=1S/C14H15N5O2/c1-18(9-4-8-15)13(20)7-10-19-14(21)11-5-2-3-6-12(11)16-17-19/h2-3,5-6H,4,7,9-10H2,1H3. The first kappa shape index (κ1) is 14.7. The second kappa shape index (κ2) is 6.61. The van der Waals surface area contributed by atoms with Crippen LogP contribution in [-0.4, -0.2) is 39.4 Å². The molecule has 1 heterocycles. The zero-order valence-electron chi connectivity index (χ0n) is 11.7. The van der Waals surface area contributed by atoms with Crippen molar-refractivity contribution in [2.75, 3.05) is 13.6 Å². The molecule has 0 saturated carbocycles. The molecule has 2 aromatic rings. The number of aryl methyl sites for hydroxylation is 1. The van der Waals surface area contributed by atoms with Crippen molar-refractivity contribution in [3.63, 3.8) is 0 Å². The summed E-state index contributed by atoms with van der Waals surface area (Å²) >= 11 is 0. The van der Waals surface area contributed by atoms with E-state index in [1.165, 1.54) is 9.58 Å². The molecule has 0 aliphatic rings. The lowest BCUT2D eigenvalue weighted by molar-refractivity contribution is -0.130. The highest BCUT2D eigenvalue weighted by Gasteiger charge is 2.10. The van der Waals surface area contributed by atoms with Gasteiger partial charge in [-0.15, -0.1) is 5.10 Å². The average Bonchev–Trinajstić information content (AvgIpc) is 2.52. The van der Waals surface area contributed by atoms with Crippen LogP contribution >= 0.6 is 0 Å². The molecule has 0 N–H and O–H groups in total. The molecule has 1 amide bonds. The maximum absolute atomic E-state index is 12.2. The average molecular weight is 285 g/mol. The number of hydrogen-bond donors (Lipinski definition) is 0. The van der Waals surface area contributed by atoms with E-state index in [1.54, 1.807) is 31.3 Å². The fraction of sp³-hybridized carbons (Fsp3) is 0.357. The maximum Gasteiger partial charge on any atom is 0.277 e. The molecule has 108 valence electrons. The van der Waals surface area contributed by atoms with Crippen molar-refractivity contribution < 1.29 is 4.79 Å². The van der Waals surface area contributed by atoms with Crippen molar-refractivity contribution in [1.29, 1.82) is 5.26 Å².